The second-order valence-electron chi connectivity index (χ2n) is 3.24. The summed E-state index contributed by atoms with van der Waals surface area (Å²) in [5, 5.41) is 14.3. The molecule has 7 nitrogen and oxygen atoms in total. The van der Waals surface area contributed by atoms with Crippen LogP contribution in [0.1, 0.15) is 9.88 Å². The van der Waals surface area contributed by atoms with Crippen LogP contribution in [-0.4, -0.2) is 19.9 Å². The molecule has 2 aromatic heterocycles. The van der Waals surface area contributed by atoms with Gasteiger partial charge in [0.1, 0.15) is 17.4 Å². The van der Waals surface area contributed by atoms with Gasteiger partial charge < -0.3 is 5.32 Å². The van der Waals surface area contributed by atoms with Crippen molar-refractivity contribution >= 4 is 23.0 Å². The maximum atomic E-state index is 10.4. The summed E-state index contributed by atoms with van der Waals surface area (Å²) in [5.74, 6) is 0.350. The van der Waals surface area contributed by atoms with Gasteiger partial charge in [-0.15, -0.1) is 11.3 Å². The van der Waals surface area contributed by atoms with Crippen molar-refractivity contribution in [2.75, 3.05) is 5.32 Å². The molecule has 0 atom stereocenters. The summed E-state index contributed by atoms with van der Waals surface area (Å²) in [6.07, 6.45) is 4.13. The summed E-state index contributed by atoms with van der Waals surface area (Å²) in [6, 6.07) is 0. The van der Waals surface area contributed by atoms with Crippen LogP contribution in [0.25, 0.3) is 0 Å². The van der Waals surface area contributed by atoms with Gasteiger partial charge in [-0.2, -0.15) is 0 Å². The Labute approximate surface area is 101 Å². The van der Waals surface area contributed by atoms with E-state index < -0.39 is 4.92 Å². The fraction of sp³-hybridized carbons (Fsp3) is 0.222. The second kappa shape index (κ2) is 4.83. The van der Waals surface area contributed by atoms with E-state index in [2.05, 4.69) is 20.3 Å². The number of rotatable bonds is 4. The first-order valence-corrected chi connectivity index (χ1v) is 5.58. The van der Waals surface area contributed by atoms with Crippen molar-refractivity contribution in [2.24, 2.45) is 0 Å². The van der Waals surface area contributed by atoms with E-state index >= 15 is 0 Å². The van der Waals surface area contributed by atoms with Gasteiger partial charge in [-0.1, -0.05) is 0 Å². The second-order valence-corrected chi connectivity index (χ2v) is 4.56. The molecule has 0 saturated carbocycles. The Morgan fingerprint density at radius 3 is 2.59 bits per heavy atom. The molecular weight excluding hydrogens is 242 g/mol. The van der Waals surface area contributed by atoms with Crippen molar-refractivity contribution < 1.29 is 4.92 Å². The molecule has 0 spiro atoms. The van der Waals surface area contributed by atoms with E-state index in [1.807, 2.05) is 6.92 Å². The summed E-state index contributed by atoms with van der Waals surface area (Å²) in [6.45, 7) is 2.49. The normalized spacial score (nSPS) is 10.2. The first kappa shape index (κ1) is 11.4. The number of aromatic nitrogens is 3. The largest absolute Gasteiger partial charge is 0.348 e. The number of hydrogen-bond acceptors (Lipinski definition) is 7. The highest BCUT2D eigenvalue weighted by molar-refractivity contribution is 7.11. The summed E-state index contributed by atoms with van der Waals surface area (Å²) in [7, 11) is 0. The van der Waals surface area contributed by atoms with E-state index in [0.717, 1.165) is 9.88 Å². The minimum Gasteiger partial charge on any atom is -0.348 e. The third-order valence-corrected chi connectivity index (χ3v) is 2.83. The molecule has 2 aromatic rings. The van der Waals surface area contributed by atoms with Gasteiger partial charge in [-0.25, -0.2) is 15.0 Å². The zero-order chi connectivity index (χ0) is 12.3. The minimum absolute atomic E-state index is 0.124. The van der Waals surface area contributed by atoms with Crippen LogP contribution >= 0.6 is 11.3 Å². The monoisotopic (exact) mass is 251 g/mol. The fourth-order valence-corrected chi connectivity index (χ4v) is 1.87. The molecule has 0 fully saturated rings. The van der Waals surface area contributed by atoms with E-state index in [9.17, 15) is 10.1 Å². The average Bonchev–Trinajstić information content (AvgIpc) is 2.73. The standard InChI is InChI=1S/C9H9N5O2S/c1-6-2-10-8(17-6)5-13-9-11-3-7(4-12-9)14(15)16/h2-4H,5H2,1H3,(H,11,12,13). The molecule has 0 amide bonds. The highest BCUT2D eigenvalue weighted by atomic mass is 32.1. The fourth-order valence-electron chi connectivity index (χ4n) is 1.14. The summed E-state index contributed by atoms with van der Waals surface area (Å²) in [4.78, 5) is 22.8. The lowest BCUT2D eigenvalue weighted by molar-refractivity contribution is -0.385. The zero-order valence-electron chi connectivity index (χ0n) is 8.95. The van der Waals surface area contributed by atoms with Crippen molar-refractivity contribution in [2.45, 2.75) is 13.5 Å². The molecule has 88 valence electrons. The number of nitrogens with one attached hydrogen (secondary N) is 1. The van der Waals surface area contributed by atoms with E-state index in [-0.39, 0.29) is 5.69 Å². The molecule has 0 aromatic carbocycles. The summed E-state index contributed by atoms with van der Waals surface area (Å²) >= 11 is 1.58. The Morgan fingerprint density at radius 1 is 1.35 bits per heavy atom. The van der Waals surface area contributed by atoms with Gasteiger partial charge >= 0.3 is 5.69 Å². The topological polar surface area (TPSA) is 93.8 Å². The van der Waals surface area contributed by atoms with Gasteiger partial charge in [0.2, 0.25) is 5.95 Å². The summed E-state index contributed by atoms with van der Waals surface area (Å²) in [5.41, 5.74) is -0.124. The lowest BCUT2D eigenvalue weighted by atomic mass is 10.5. The quantitative estimate of drug-likeness (QED) is 0.657. The predicted octanol–water partition coefficient (Wildman–Crippen LogP) is 1.76. The molecule has 0 aliphatic rings. The Balaban J connectivity index is 1.97. The van der Waals surface area contributed by atoms with Crippen LogP contribution in [0.5, 0.6) is 0 Å². The lowest BCUT2D eigenvalue weighted by Gasteiger charge is -2.00. The van der Waals surface area contributed by atoms with Gasteiger partial charge in [0, 0.05) is 11.1 Å². The maximum Gasteiger partial charge on any atom is 0.305 e. The van der Waals surface area contributed by atoms with E-state index in [1.165, 1.54) is 12.4 Å². The Hall–Kier alpha value is -2.09. The van der Waals surface area contributed by atoms with Crippen LogP contribution < -0.4 is 5.32 Å². The lowest BCUT2D eigenvalue weighted by Crippen LogP contribution is -2.03. The molecule has 0 saturated heterocycles. The van der Waals surface area contributed by atoms with E-state index in [0.29, 0.717) is 12.5 Å². The predicted molar refractivity (Wildman–Crippen MR) is 62.9 cm³/mol. The zero-order valence-corrected chi connectivity index (χ0v) is 9.77. The molecule has 17 heavy (non-hydrogen) atoms. The van der Waals surface area contributed by atoms with Crippen molar-refractivity contribution in [3.05, 3.63) is 38.6 Å². The Kier molecular flexibility index (Phi) is 3.24. The number of thiazole rings is 1. The molecule has 1 N–H and O–H groups in total. The Morgan fingerprint density at radius 2 is 2.06 bits per heavy atom. The van der Waals surface area contributed by atoms with Gasteiger partial charge in [0.15, 0.2) is 0 Å². The number of hydrogen-bond donors (Lipinski definition) is 1. The van der Waals surface area contributed by atoms with Crippen LogP contribution in [0.2, 0.25) is 0 Å². The van der Waals surface area contributed by atoms with Crippen LogP contribution in [0, 0.1) is 17.0 Å². The number of anilines is 1. The molecule has 0 aliphatic heterocycles. The molecule has 8 heteroatoms. The smallest absolute Gasteiger partial charge is 0.305 e. The minimum atomic E-state index is -0.534. The number of nitrogens with zero attached hydrogens (tertiary/aromatic N) is 4. The third kappa shape index (κ3) is 2.94. The SMILES string of the molecule is Cc1cnc(CNc2ncc([N+](=O)[O-])cn2)s1. The van der Waals surface area contributed by atoms with Crippen molar-refractivity contribution in [1.29, 1.82) is 0 Å². The van der Waals surface area contributed by atoms with E-state index in [4.69, 9.17) is 0 Å². The molecule has 0 bridgehead atoms. The molecular formula is C9H9N5O2S. The molecule has 0 unspecified atom stereocenters. The van der Waals surface area contributed by atoms with Gasteiger partial charge in [0.25, 0.3) is 0 Å². The van der Waals surface area contributed by atoms with Gasteiger partial charge in [-0.05, 0) is 6.92 Å². The summed E-state index contributed by atoms with van der Waals surface area (Å²) < 4.78 is 0. The van der Waals surface area contributed by atoms with Crippen molar-refractivity contribution in [3.63, 3.8) is 0 Å². The van der Waals surface area contributed by atoms with Crippen LogP contribution in [-0.2, 0) is 6.54 Å². The first-order valence-electron chi connectivity index (χ1n) is 4.77. The number of nitro groups is 1. The first-order chi connectivity index (χ1) is 8.15. The maximum absolute atomic E-state index is 10.4. The molecule has 2 rings (SSSR count). The number of aryl methyl sites for hydroxylation is 1. The molecule has 0 aliphatic carbocycles. The van der Waals surface area contributed by atoms with Gasteiger partial charge in [-0.3, -0.25) is 10.1 Å². The Bertz CT molecular complexity index is 524. The highest BCUT2D eigenvalue weighted by Crippen LogP contribution is 2.13. The van der Waals surface area contributed by atoms with Gasteiger partial charge in [0.05, 0.1) is 11.5 Å². The molecule has 2 heterocycles. The van der Waals surface area contributed by atoms with Crippen molar-refractivity contribution in [3.8, 4) is 0 Å². The third-order valence-electron chi connectivity index (χ3n) is 1.92. The van der Waals surface area contributed by atoms with Crippen LogP contribution in [0.4, 0.5) is 11.6 Å². The van der Waals surface area contributed by atoms with Crippen LogP contribution in [0.3, 0.4) is 0 Å². The molecule has 0 radical (unpaired) electrons. The highest BCUT2D eigenvalue weighted by Gasteiger charge is 2.06. The van der Waals surface area contributed by atoms with E-state index in [1.54, 1.807) is 17.5 Å². The average molecular weight is 251 g/mol. The van der Waals surface area contributed by atoms with Crippen LogP contribution in [0.15, 0.2) is 18.6 Å². The van der Waals surface area contributed by atoms with Crippen molar-refractivity contribution in [1.82, 2.24) is 15.0 Å².